The van der Waals surface area contributed by atoms with E-state index in [0.29, 0.717) is 34.2 Å². The summed E-state index contributed by atoms with van der Waals surface area (Å²) < 4.78 is 0. The molecule has 0 bridgehead atoms. The summed E-state index contributed by atoms with van der Waals surface area (Å²) in [5.74, 6) is 0.291. The van der Waals surface area contributed by atoms with Crippen LogP contribution in [0.1, 0.15) is 53.3 Å². The molecule has 2 aliphatic heterocycles. The van der Waals surface area contributed by atoms with Crippen molar-refractivity contribution in [1.29, 1.82) is 0 Å². The standard InChI is InChI=1S/C28H35ClN4O3/c1-20(34)22-7-8-26(25(19-22)30-28(36)23-5-3-6-24(29)18-23)32-13-9-21(10-14-32)17-27(35)33-12-4-11-31(2)15-16-33/h3,5-8,18-19,21H,4,9-17H2,1-2H3,(H,30,36). The normalized spacial score (nSPS) is 17.5. The van der Waals surface area contributed by atoms with Crippen LogP contribution in [0.2, 0.25) is 5.02 Å². The molecule has 0 aliphatic carbocycles. The molecule has 0 saturated carbocycles. The van der Waals surface area contributed by atoms with E-state index in [-0.39, 0.29) is 17.6 Å². The molecule has 2 fully saturated rings. The fourth-order valence-electron chi connectivity index (χ4n) is 5.01. The molecule has 2 aromatic rings. The molecule has 8 heteroatoms. The van der Waals surface area contributed by atoms with Gasteiger partial charge in [-0.25, -0.2) is 0 Å². The highest BCUT2D eigenvalue weighted by Crippen LogP contribution is 2.32. The molecule has 7 nitrogen and oxygen atoms in total. The Bertz CT molecular complexity index is 1110. The second kappa shape index (κ2) is 11.9. The maximum absolute atomic E-state index is 12.9. The summed E-state index contributed by atoms with van der Waals surface area (Å²) in [7, 11) is 2.11. The molecule has 0 aromatic heterocycles. The number of benzene rings is 2. The van der Waals surface area contributed by atoms with Crippen molar-refractivity contribution in [3.05, 3.63) is 58.6 Å². The first kappa shape index (κ1) is 26.2. The van der Waals surface area contributed by atoms with Crippen molar-refractivity contribution < 1.29 is 14.4 Å². The van der Waals surface area contributed by atoms with E-state index in [1.807, 2.05) is 11.0 Å². The highest BCUT2D eigenvalue weighted by atomic mass is 35.5. The number of amides is 2. The number of likely N-dealkylation sites (N-methyl/N-ethyl adjacent to an activating group) is 1. The second-order valence-electron chi connectivity index (χ2n) is 9.92. The molecule has 0 unspecified atom stereocenters. The first-order chi connectivity index (χ1) is 17.3. The van der Waals surface area contributed by atoms with Gasteiger partial charge in [0.05, 0.1) is 11.4 Å². The zero-order valence-electron chi connectivity index (χ0n) is 21.1. The van der Waals surface area contributed by atoms with E-state index in [1.165, 1.54) is 6.92 Å². The fourth-order valence-corrected chi connectivity index (χ4v) is 5.20. The topological polar surface area (TPSA) is 73.0 Å². The Morgan fingerprint density at radius 1 is 0.944 bits per heavy atom. The van der Waals surface area contributed by atoms with Gasteiger partial charge in [0.1, 0.15) is 0 Å². The van der Waals surface area contributed by atoms with Crippen LogP contribution in [0.5, 0.6) is 0 Å². The van der Waals surface area contributed by atoms with E-state index < -0.39 is 0 Å². The summed E-state index contributed by atoms with van der Waals surface area (Å²) in [4.78, 5) is 44.4. The molecular formula is C28H35ClN4O3. The van der Waals surface area contributed by atoms with Crippen LogP contribution < -0.4 is 10.2 Å². The Kier molecular flexibility index (Phi) is 8.64. The second-order valence-corrected chi connectivity index (χ2v) is 10.4. The van der Waals surface area contributed by atoms with Gasteiger partial charge in [-0.15, -0.1) is 0 Å². The number of Topliss-reactive ketones (excluding diaryl/α,β-unsaturated/α-hetero) is 1. The molecule has 0 atom stereocenters. The Hall–Kier alpha value is -2.90. The van der Waals surface area contributed by atoms with Gasteiger partial charge in [0.2, 0.25) is 5.91 Å². The molecule has 1 N–H and O–H groups in total. The molecule has 2 amide bonds. The van der Waals surface area contributed by atoms with E-state index in [0.717, 1.165) is 64.2 Å². The summed E-state index contributed by atoms with van der Waals surface area (Å²) >= 11 is 6.06. The van der Waals surface area contributed by atoms with Crippen molar-refractivity contribution in [2.24, 2.45) is 5.92 Å². The van der Waals surface area contributed by atoms with Crippen molar-refractivity contribution in [1.82, 2.24) is 9.80 Å². The van der Waals surface area contributed by atoms with Crippen molar-refractivity contribution >= 4 is 40.6 Å². The van der Waals surface area contributed by atoms with Crippen LogP contribution in [-0.2, 0) is 4.79 Å². The first-order valence-corrected chi connectivity index (χ1v) is 13.1. The minimum atomic E-state index is -0.275. The lowest BCUT2D eigenvalue weighted by molar-refractivity contribution is -0.132. The van der Waals surface area contributed by atoms with E-state index in [1.54, 1.807) is 36.4 Å². The van der Waals surface area contributed by atoms with Crippen LogP contribution in [-0.4, -0.2) is 73.7 Å². The third kappa shape index (κ3) is 6.65. The molecule has 2 aliphatic rings. The number of hydrogen-bond donors (Lipinski definition) is 1. The van der Waals surface area contributed by atoms with E-state index in [4.69, 9.17) is 11.6 Å². The van der Waals surface area contributed by atoms with Crippen molar-refractivity contribution in [2.45, 2.75) is 32.6 Å². The quantitative estimate of drug-likeness (QED) is 0.576. The predicted octanol–water partition coefficient (Wildman–Crippen LogP) is 4.57. The van der Waals surface area contributed by atoms with E-state index in [9.17, 15) is 14.4 Å². The smallest absolute Gasteiger partial charge is 0.255 e. The average Bonchev–Trinajstić information content (AvgIpc) is 3.09. The number of rotatable bonds is 6. The number of anilines is 2. The number of nitrogens with zero attached hydrogens (tertiary/aromatic N) is 3. The van der Waals surface area contributed by atoms with Gasteiger partial charge in [-0.2, -0.15) is 0 Å². The van der Waals surface area contributed by atoms with Gasteiger partial charge in [0.15, 0.2) is 5.78 Å². The van der Waals surface area contributed by atoms with Crippen LogP contribution in [0, 0.1) is 5.92 Å². The Morgan fingerprint density at radius 2 is 1.72 bits per heavy atom. The maximum atomic E-state index is 12.9. The summed E-state index contributed by atoms with van der Waals surface area (Å²) in [6, 6.07) is 12.2. The third-order valence-corrected chi connectivity index (χ3v) is 7.46. The minimum Gasteiger partial charge on any atom is -0.370 e. The maximum Gasteiger partial charge on any atom is 0.255 e. The number of halogens is 1. The van der Waals surface area contributed by atoms with Gasteiger partial charge in [-0.3, -0.25) is 14.4 Å². The van der Waals surface area contributed by atoms with Crippen LogP contribution in [0.15, 0.2) is 42.5 Å². The Morgan fingerprint density at radius 3 is 2.44 bits per heavy atom. The summed E-state index contributed by atoms with van der Waals surface area (Å²) in [6.07, 6.45) is 3.45. The SMILES string of the molecule is CC(=O)c1ccc(N2CCC(CC(=O)N3CCCN(C)CC3)CC2)c(NC(=O)c2cccc(Cl)c2)c1. The number of carbonyl (C=O) groups is 3. The molecule has 0 spiro atoms. The zero-order chi connectivity index (χ0) is 25.7. The molecule has 0 radical (unpaired) electrons. The monoisotopic (exact) mass is 510 g/mol. The summed E-state index contributed by atoms with van der Waals surface area (Å²) in [6.45, 7) is 6.74. The van der Waals surface area contributed by atoms with Gasteiger partial charge in [0.25, 0.3) is 5.91 Å². The fraction of sp³-hybridized carbons (Fsp3) is 0.464. The molecule has 4 rings (SSSR count). The molecule has 2 saturated heterocycles. The van der Waals surface area contributed by atoms with Crippen molar-refractivity contribution in [3.63, 3.8) is 0 Å². The van der Waals surface area contributed by atoms with Gasteiger partial charge < -0.3 is 20.0 Å². The largest absolute Gasteiger partial charge is 0.370 e. The van der Waals surface area contributed by atoms with Crippen molar-refractivity contribution in [2.75, 3.05) is 56.5 Å². The number of nitrogens with one attached hydrogen (secondary N) is 1. The third-order valence-electron chi connectivity index (χ3n) is 7.23. The highest BCUT2D eigenvalue weighted by Gasteiger charge is 2.26. The minimum absolute atomic E-state index is 0.0586. The van der Waals surface area contributed by atoms with E-state index in [2.05, 4.69) is 22.2 Å². The lowest BCUT2D eigenvalue weighted by Gasteiger charge is -2.35. The number of hydrogen-bond acceptors (Lipinski definition) is 5. The molecule has 2 aromatic carbocycles. The lowest BCUT2D eigenvalue weighted by Crippen LogP contribution is -2.39. The van der Waals surface area contributed by atoms with Gasteiger partial charge in [-0.1, -0.05) is 17.7 Å². The molecule has 36 heavy (non-hydrogen) atoms. The summed E-state index contributed by atoms with van der Waals surface area (Å²) in [5.41, 5.74) is 2.49. The number of carbonyl (C=O) groups excluding carboxylic acids is 3. The molecular weight excluding hydrogens is 476 g/mol. The number of piperidine rings is 1. The van der Waals surface area contributed by atoms with Crippen LogP contribution in [0.4, 0.5) is 11.4 Å². The number of ketones is 1. The Balaban J connectivity index is 1.42. The van der Waals surface area contributed by atoms with Gasteiger partial charge in [-0.05, 0) is 82.1 Å². The summed E-state index contributed by atoms with van der Waals surface area (Å²) in [5, 5.41) is 3.48. The van der Waals surface area contributed by atoms with E-state index >= 15 is 0 Å². The van der Waals surface area contributed by atoms with Crippen LogP contribution >= 0.6 is 11.6 Å². The molecule has 2 heterocycles. The molecule has 192 valence electrons. The lowest BCUT2D eigenvalue weighted by atomic mass is 9.92. The Labute approximate surface area is 218 Å². The van der Waals surface area contributed by atoms with Crippen LogP contribution in [0.25, 0.3) is 0 Å². The van der Waals surface area contributed by atoms with Gasteiger partial charge >= 0.3 is 0 Å². The zero-order valence-corrected chi connectivity index (χ0v) is 21.9. The van der Waals surface area contributed by atoms with Crippen LogP contribution in [0.3, 0.4) is 0 Å². The average molecular weight is 511 g/mol. The first-order valence-electron chi connectivity index (χ1n) is 12.7. The predicted molar refractivity (Wildman–Crippen MR) is 144 cm³/mol. The van der Waals surface area contributed by atoms with Crippen molar-refractivity contribution in [3.8, 4) is 0 Å². The van der Waals surface area contributed by atoms with Gasteiger partial charge in [0, 0.05) is 55.3 Å². The highest BCUT2D eigenvalue weighted by molar-refractivity contribution is 6.31.